The van der Waals surface area contributed by atoms with Gasteiger partial charge in [0.05, 0.1) is 23.2 Å². The van der Waals surface area contributed by atoms with E-state index in [9.17, 15) is 10.1 Å². The summed E-state index contributed by atoms with van der Waals surface area (Å²) in [4.78, 5) is 12.3. The fourth-order valence-electron chi connectivity index (χ4n) is 1.84. The zero-order chi connectivity index (χ0) is 12.4. The van der Waals surface area contributed by atoms with Gasteiger partial charge in [-0.1, -0.05) is 5.92 Å². The Hall–Kier alpha value is -2.22. The Balaban J connectivity index is 2.45. The van der Waals surface area contributed by atoms with E-state index in [1.54, 1.807) is 6.07 Å². The predicted molar refractivity (Wildman–Crippen MR) is 64.2 cm³/mol. The van der Waals surface area contributed by atoms with Crippen molar-refractivity contribution in [2.45, 2.75) is 13.0 Å². The number of benzene rings is 1. The number of nitrogens with zero attached hydrogens (tertiary/aromatic N) is 2. The van der Waals surface area contributed by atoms with E-state index in [2.05, 4.69) is 5.92 Å². The summed E-state index contributed by atoms with van der Waals surface area (Å²) in [6.07, 6.45) is 5.31. The highest BCUT2D eigenvalue weighted by Gasteiger charge is 2.25. The van der Waals surface area contributed by atoms with Crippen molar-refractivity contribution in [3.63, 3.8) is 0 Å². The van der Waals surface area contributed by atoms with Gasteiger partial charge in [0.15, 0.2) is 0 Å². The van der Waals surface area contributed by atoms with Crippen LogP contribution < -0.4 is 9.64 Å². The second-order valence-electron chi connectivity index (χ2n) is 3.90. The molecule has 1 atom stereocenters. The minimum absolute atomic E-state index is 0.0449. The van der Waals surface area contributed by atoms with Crippen LogP contribution >= 0.6 is 0 Å². The van der Waals surface area contributed by atoms with Gasteiger partial charge in [0.2, 0.25) is 0 Å². The third kappa shape index (κ3) is 2.02. The molecular formula is C12H12N2O3. The lowest BCUT2D eigenvalue weighted by atomic mass is 10.1. The summed E-state index contributed by atoms with van der Waals surface area (Å²) in [6, 6.07) is 4.66. The molecular weight excluding hydrogens is 220 g/mol. The number of fused-ring (bicyclic) bond motifs is 1. The highest BCUT2D eigenvalue weighted by Crippen LogP contribution is 2.36. The second kappa shape index (κ2) is 4.34. The molecule has 0 N–H and O–H groups in total. The van der Waals surface area contributed by atoms with Gasteiger partial charge in [-0.25, -0.2) is 0 Å². The number of nitro benzene ring substituents is 1. The first-order valence-electron chi connectivity index (χ1n) is 5.25. The zero-order valence-electron chi connectivity index (χ0n) is 9.42. The lowest BCUT2D eigenvalue weighted by molar-refractivity contribution is -0.384. The highest BCUT2D eigenvalue weighted by atomic mass is 16.6. The molecule has 88 valence electrons. The van der Waals surface area contributed by atoms with Crippen LogP contribution in [0.3, 0.4) is 0 Å². The molecule has 1 aromatic carbocycles. The monoisotopic (exact) mass is 232 g/mol. The fourth-order valence-corrected chi connectivity index (χ4v) is 1.84. The average Bonchev–Trinajstić information content (AvgIpc) is 2.32. The smallest absolute Gasteiger partial charge is 0.271 e. The van der Waals surface area contributed by atoms with E-state index in [0.717, 1.165) is 0 Å². The first kappa shape index (κ1) is 11.3. The molecule has 17 heavy (non-hydrogen) atoms. The van der Waals surface area contributed by atoms with E-state index in [1.165, 1.54) is 12.1 Å². The minimum Gasteiger partial charge on any atom is -0.489 e. The van der Waals surface area contributed by atoms with Gasteiger partial charge in [-0.05, 0) is 13.0 Å². The molecule has 0 saturated carbocycles. The van der Waals surface area contributed by atoms with Gasteiger partial charge in [-0.2, -0.15) is 0 Å². The molecule has 2 rings (SSSR count). The van der Waals surface area contributed by atoms with E-state index in [4.69, 9.17) is 11.2 Å². The van der Waals surface area contributed by atoms with Crippen molar-refractivity contribution in [3.05, 3.63) is 28.3 Å². The largest absolute Gasteiger partial charge is 0.489 e. The van der Waals surface area contributed by atoms with Crippen LogP contribution in [0.25, 0.3) is 0 Å². The van der Waals surface area contributed by atoms with Crippen LogP contribution in [0.5, 0.6) is 5.75 Å². The normalized spacial score (nSPS) is 17.9. The van der Waals surface area contributed by atoms with Gasteiger partial charge in [-0.15, -0.1) is 6.42 Å². The number of nitro groups is 1. The fraction of sp³-hybridized carbons (Fsp3) is 0.333. The molecule has 0 radical (unpaired) electrons. The summed E-state index contributed by atoms with van der Waals surface area (Å²) >= 11 is 0. The van der Waals surface area contributed by atoms with E-state index >= 15 is 0 Å². The number of anilines is 1. The molecule has 1 aliphatic rings. The van der Waals surface area contributed by atoms with Crippen molar-refractivity contribution in [1.29, 1.82) is 0 Å². The van der Waals surface area contributed by atoms with Gasteiger partial charge in [0.25, 0.3) is 5.69 Å². The summed E-state index contributed by atoms with van der Waals surface area (Å²) in [5.74, 6) is 3.20. The Labute approximate surface area is 99.1 Å². The first-order valence-corrected chi connectivity index (χ1v) is 5.25. The standard InChI is InChI=1S/C12H12N2O3/c1-3-6-13-9(2)8-17-12-5-4-10(14(15)16)7-11(12)13/h1,4-5,7,9H,6,8H2,2H3. The molecule has 0 saturated heterocycles. The van der Waals surface area contributed by atoms with Gasteiger partial charge in [0, 0.05) is 12.1 Å². The summed E-state index contributed by atoms with van der Waals surface area (Å²) in [5.41, 5.74) is 0.736. The molecule has 0 aromatic heterocycles. The van der Waals surface area contributed by atoms with Crippen molar-refractivity contribution in [2.75, 3.05) is 18.1 Å². The van der Waals surface area contributed by atoms with Gasteiger partial charge < -0.3 is 9.64 Å². The Morgan fingerprint density at radius 2 is 2.47 bits per heavy atom. The van der Waals surface area contributed by atoms with Crippen LogP contribution in [0.15, 0.2) is 18.2 Å². The minimum atomic E-state index is -0.423. The van der Waals surface area contributed by atoms with Crippen molar-refractivity contribution >= 4 is 11.4 Å². The molecule has 0 aliphatic carbocycles. The quantitative estimate of drug-likeness (QED) is 0.443. The molecule has 5 heteroatoms. The molecule has 1 aromatic rings. The molecule has 1 aliphatic heterocycles. The number of terminal acetylenes is 1. The third-order valence-corrected chi connectivity index (χ3v) is 2.74. The summed E-state index contributed by atoms with van der Waals surface area (Å²) in [5, 5.41) is 10.7. The summed E-state index contributed by atoms with van der Waals surface area (Å²) < 4.78 is 5.51. The molecule has 0 fully saturated rings. The second-order valence-corrected chi connectivity index (χ2v) is 3.90. The zero-order valence-corrected chi connectivity index (χ0v) is 9.42. The Kier molecular flexibility index (Phi) is 2.88. The van der Waals surface area contributed by atoms with Crippen molar-refractivity contribution in [3.8, 4) is 18.1 Å². The van der Waals surface area contributed by atoms with Crippen LogP contribution in [0.2, 0.25) is 0 Å². The van der Waals surface area contributed by atoms with Crippen molar-refractivity contribution in [2.24, 2.45) is 0 Å². The Morgan fingerprint density at radius 3 is 3.12 bits per heavy atom. The van der Waals surface area contributed by atoms with Crippen molar-refractivity contribution in [1.82, 2.24) is 0 Å². The number of non-ortho nitro benzene ring substituents is 1. The maximum Gasteiger partial charge on any atom is 0.271 e. The van der Waals surface area contributed by atoms with Crippen molar-refractivity contribution < 1.29 is 9.66 Å². The predicted octanol–water partition coefficient (Wildman–Crippen LogP) is 1.82. The highest BCUT2D eigenvalue weighted by molar-refractivity contribution is 5.65. The van der Waals surface area contributed by atoms with E-state index in [1.807, 2.05) is 11.8 Å². The van der Waals surface area contributed by atoms with Gasteiger partial charge in [-0.3, -0.25) is 10.1 Å². The van der Waals surface area contributed by atoms with E-state index < -0.39 is 4.92 Å². The van der Waals surface area contributed by atoms with Crippen LogP contribution in [0.4, 0.5) is 11.4 Å². The third-order valence-electron chi connectivity index (χ3n) is 2.74. The Morgan fingerprint density at radius 1 is 1.71 bits per heavy atom. The number of hydrogen-bond acceptors (Lipinski definition) is 4. The Bertz CT molecular complexity index is 493. The molecule has 1 heterocycles. The lowest BCUT2D eigenvalue weighted by Gasteiger charge is -2.35. The van der Waals surface area contributed by atoms with E-state index in [0.29, 0.717) is 24.6 Å². The molecule has 0 spiro atoms. The number of rotatable bonds is 2. The first-order chi connectivity index (χ1) is 8.13. The summed E-state index contributed by atoms with van der Waals surface area (Å²) in [6.45, 7) is 2.92. The molecule has 5 nitrogen and oxygen atoms in total. The van der Waals surface area contributed by atoms with Crippen LogP contribution in [0, 0.1) is 22.5 Å². The maximum atomic E-state index is 10.7. The molecule has 0 bridgehead atoms. The van der Waals surface area contributed by atoms with Gasteiger partial charge in [0.1, 0.15) is 12.4 Å². The number of hydrogen-bond donors (Lipinski definition) is 0. The average molecular weight is 232 g/mol. The van der Waals surface area contributed by atoms with Crippen LogP contribution in [0.1, 0.15) is 6.92 Å². The molecule has 0 amide bonds. The van der Waals surface area contributed by atoms with Gasteiger partial charge >= 0.3 is 0 Å². The summed E-state index contributed by atoms with van der Waals surface area (Å²) in [7, 11) is 0. The lowest BCUT2D eigenvalue weighted by Crippen LogP contribution is -2.41. The maximum absolute atomic E-state index is 10.7. The van der Waals surface area contributed by atoms with Crippen LogP contribution in [-0.4, -0.2) is 24.1 Å². The number of ether oxygens (including phenoxy) is 1. The van der Waals surface area contributed by atoms with Crippen LogP contribution in [-0.2, 0) is 0 Å². The topological polar surface area (TPSA) is 55.6 Å². The van der Waals surface area contributed by atoms with E-state index in [-0.39, 0.29) is 11.7 Å². The molecule has 1 unspecified atom stereocenters. The SMILES string of the molecule is C#CCN1c2cc([N+](=O)[O-])ccc2OCC1C.